The third kappa shape index (κ3) is 2.70. The van der Waals surface area contributed by atoms with E-state index in [1.165, 1.54) is 19.3 Å². The summed E-state index contributed by atoms with van der Waals surface area (Å²) in [6.07, 6.45) is 12.9. The van der Waals surface area contributed by atoms with Gasteiger partial charge in [0.15, 0.2) is 5.78 Å². The van der Waals surface area contributed by atoms with Crippen molar-refractivity contribution in [3.05, 3.63) is 12.2 Å². The largest absolute Gasteiger partial charge is 0.481 e. The Hall–Kier alpha value is -1.12. The molecular weight excluding hydrogens is 384 g/mol. The van der Waals surface area contributed by atoms with Crippen LogP contribution in [0.15, 0.2) is 12.2 Å². The van der Waals surface area contributed by atoms with Crippen LogP contribution in [-0.4, -0.2) is 16.9 Å². The molecule has 5 aliphatic rings. The fraction of sp³-hybridized carbons (Fsp3) is 0.857. The highest BCUT2D eigenvalue weighted by atomic mass is 16.4. The van der Waals surface area contributed by atoms with Crippen LogP contribution in [0.4, 0.5) is 0 Å². The van der Waals surface area contributed by atoms with Crippen molar-refractivity contribution < 1.29 is 14.7 Å². The van der Waals surface area contributed by atoms with Gasteiger partial charge in [-0.3, -0.25) is 9.59 Å². The zero-order chi connectivity index (χ0) is 22.3. The summed E-state index contributed by atoms with van der Waals surface area (Å²) in [5.74, 6) is 3.71. The van der Waals surface area contributed by atoms with E-state index in [1.807, 2.05) is 6.08 Å². The van der Waals surface area contributed by atoms with Crippen molar-refractivity contribution in [2.24, 2.45) is 63.6 Å². The van der Waals surface area contributed by atoms with Crippen LogP contribution in [0.5, 0.6) is 0 Å². The van der Waals surface area contributed by atoms with Crippen LogP contribution >= 0.6 is 0 Å². The van der Waals surface area contributed by atoms with Gasteiger partial charge in [-0.15, -0.1) is 0 Å². The summed E-state index contributed by atoms with van der Waals surface area (Å²) in [7, 11) is 0. The molecule has 0 radical (unpaired) electrons. The van der Waals surface area contributed by atoms with Crippen LogP contribution in [0.3, 0.4) is 0 Å². The SMILES string of the molecule is CC(C)C1CCC2(C(=O)O)CCC3C(CCC4C5(C)C=CC(=O)C(C)C5CCC34C)C12. The van der Waals surface area contributed by atoms with E-state index in [9.17, 15) is 14.7 Å². The maximum Gasteiger partial charge on any atom is 0.309 e. The minimum atomic E-state index is -0.510. The third-order valence-electron chi connectivity index (χ3n) is 11.8. The molecule has 0 aliphatic heterocycles. The molecule has 3 nitrogen and oxygen atoms in total. The Labute approximate surface area is 188 Å². The van der Waals surface area contributed by atoms with Crippen molar-refractivity contribution in [3.8, 4) is 0 Å². The zero-order valence-electron chi connectivity index (χ0n) is 20.2. The van der Waals surface area contributed by atoms with Crippen molar-refractivity contribution in [3.63, 3.8) is 0 Å². The predicted octanol–water partition coefficient (Wildman–Crippen LogP) is 6.37. The summed E-state index contributed by atoms with van der Waals surface area (Å²) in [5.41, 5.74) is -0.0841. The molecule has 5 rings (SSSR count). The van der Waals surface area contributed by atoms with Crippen LogP contribution in [0.1, 0.15) is 86.0 Å². The van der Waals surface area contributed by atoms with Gasteiger partial charge in [-0.1, -0.05) is 40.7 Å². The molecule has 5 aliphatic carbocycles. The number of allylic oxidation sites excluding steroid dienone is 2. The van der Waals surface area contributed by atoms with E-state index in [-0.39, 0.29) is 16.7 Å². The van der Waals surface area contributed by atoms with Gasteiger partial charge in [0.05, 0.1) is 5.41 Å². The molecule has 0 aromatic carbocycles. The molecule has 0 aromatic heterocycles. The van der Waals surface area contributed by atoms with Gasteiger partial charge < -0.3 is 5.11 Å². The summed E-state index contributed by atoms with van der Waals surface area (Å²) in [4.78, 5) is 25.1. The molecule has 0 bridgehead atoms. The minimum absolute atomic E-state index is 0.111. The fourth-order valence-corrected chi connectivity index (χ4v) is 10.4. The lowest BCUT2D eigenvalue weighted by Gasteiger charge is -2.66. The van der Waals surface area contributed by atoms with E-state index in [2.05, 4.69) is 40.7 Å². The number of carbonyl (C=O) groups excluding carboxylic acids is 1. The van der Waals surface area contributed by atoms with Gasteiger partial charge in [0.2, 0.25) is 0 Å². The quantitative estimate of drug-likeness (QED) is 0.558. The van der Waals surface area contributed by atoms with E-state index in [1.54, 1.807) is 0 Å². The second-order valence-electron chi connectivity index (χ2n) is 12.9. The molecule has 1 N–H and O–H groups in total. The molecule has 4 saturated carbocycles. The molecule has 10 atom stereocenters. The highest BCUT2D eigenvalue weighted by Gasteiger charge is 2.67. The Morgan fingerprint density at radius 2 is 1.71 bits per heavy atom. The number of aliphatic carboxylic acids is 1. The van der Waals surface area contributed by atoms with Crippen LogP contribution in [-0.2, 0) is 9.59 Å². The summed E-state index contributed by atoms with van der Waals surface area (Å²) in [6.45, 7) is 11.8. The Morgan fingerprint density at radius 1 is 1.03 bits per heavy atom. The summed E-state index contributed by atoms with van der Waals surface area (Å²) >= 11 is 0. The van der Waals surface area contributed by atoms with Gasteiger partial charge in [0.25, 0.3) is 0 Å². The lowest BCUT2D eigenvalue weighted by Crippen LogP contribution is -2.61. The number of hydrogen-bond acceptors (Lipinski definition) is 2. The van der Waals surface area contributed by atoms with Crippen molar-refractivity contribution in [2.45, 2.75) is 86.0 Å². The Kier molecular flexibility index (Phi) is 4.86. The van der Waals surface area contributed by atoms with Gasteiger partial charge in [-0.25, -0.2) is 0 Å². The maximum absolute atomic E-state index is 12.6. The van der Waals surface area contributed by atoms with E-state index in [0.29, 0.717) is 47.2 Å². The van der Waals surface area contributed by atoms with Crippen LogP contribution in [0.25, 0.3) is 0 Å². The molecule has 3 heteroatoms. The predicted molar refractivity (Wildman–Crippen MR) is 122 cm³/mol. The first kappa shape index (κ1) is 21.7. The van der Waals surface area contributed by atoms with Crippen LogP contribution in [0.2, 0.25) is 0 Å². The standard InChI is InChI=1S/C28H42O3/c1-16(2)18-8-14-28(25(30)31)15-10-21-19(24(18)28)6-7-23-26(4)13-11-22(29)17(3)20(26)9-12-27(21,23)5/h11,13,16-21,23-24H,6-10,12,14-15H2,1-5H3,(H,30,31). The van der Waals surface area contributed by atoms with Crippen LogP contribution < -0.4 is 0 Å². The fourth-order valence-electron chi connectivity index (χ4n) is 10.4. The van der Waals surface area contributed by atoms with E-state index >= 15 is 0 Å². The highest BCUT2D eigenvalue weighted by Crippen LogP contribution is 2.72. The van der Waals surface area contributed by atoms with E-state index < -0.39 is 11.4 Å². The van der Waals surface area contributed by atoms with Gasteiger partial charge in [-0.2, -0.15) is 0 Å². The molecular formula is C28H42O3. The smallest absolute Gasteiger partial charge is 0.309 e. The number of carbonyl (C=O) groups is 2. The number of carboxylic acids is 1. The van der Waals surface area contributed by atoms with Crippen molar-refractivity contribution in [1.29, 1.82) is 0 Å². The third-order valence-corrected chi connectivity index (χ3v) is 11.8. The number of rotatable bonds is 2. The van der Waals surface area contributed by atoms with Crippen LogP contribution in [0, 0.1) is 63.6 Å². The average Bonchev–Trinajstić information content (AvgIpc) is 3.13. The van der Waals surface area contributed by atoms with Gasteiger partial charge in [0, 0.05) is 5.92 Å². The van der Waals surface area contributed by atoms with Gasteiger partial charge >= 0.3 is 5.97 Å². The molecule has 4 fully saturated rings. The number of ketones is 1. The van der Waals surface area contributed by atoms with Crippen molar-refractivity contribution >= 4 is 11.8 Å². The first-order valence-electron chi connectivity index (χ1n) is 13.0. The summed E-state index contributed by atoms with van der Waals surface area (Å²) in [5, 5.41) is 10.4. The maximum atomic E-state index is 12.6. The lowest BCUT2D eigenvalue weighted by atomic mass is 9.38. The molecule has 0 aromatic rings. The molecule has 31 heavy (non-hydrogen) atoms. The molecule has 0 saturated heterocycles. The van der Waals surface area contributed by atoms with E-state index in [0.717, 1.165) is 32.1 Å². The zero-order valence-corrected chi connectivity index (χ0v) is 20.2. The second-order valence-corrected chi connectivity index (χ2v) is 12.9. The lowest BCUT2D eigenvalue weighted by molar-refractivity contribution is -0.183. The van der Waals surface area contributed by atoms with Gasteiger partial charge in [-0.05, 0) is 110 Å². The topological polar surface area (TPSA) is 54.4 Å². The van der Waals surface area contributed by atoms with Crippen molar-refractivity contribution in [1.82, 2.24) is 0 Å². The first-order chi connectivity index (χ1) is 14.6. The molecule has 0 amide bonds. The van der Waals surface area contributed by atoms with Gasteiger partial charge in [0.1, 0.15) is 0 Å². The van der Waals surface area contributed by atoms with Crippen molar-refractivity contribution in [2.75, 3.05) is 0 Å². The minimum Gasteiger partial charge on any atom is -0.481 e. The summed E-state index contributed by atoms with van der Waals surface area (Å²) < 4.78 is 0. The molecule has 0 spiro atoms. The number of hydrogen-bond donors (Lipinski definition) is 1. The Balaban J connectivity index is 1.53. The molecule has 0 heterocycles. The number of fused-ring (bicyclic) bond motifs is 7. The Bertz CT molecular complexity index is 813. The summed E-state index contributed by atoms with van der Waals surface area (Å²) in [6, 6.07) is 0. The molecule has 10 unspecified atom stereocenters. The second kappa shape index (κ2) is 6.94. The number of carboxylic acid groups (broad SMARTS) is 1. The Morgan fingerprint density at radius 3 is 2.39 bits per heavy atom. The molecule has 172 valence electrons. The van der Waals surface area contributed by atoms with E-state index in [4.69, 9.17) is 0 Å². The average molecular weight is 427 g/mol. The monoisotopic (exact) mass is 426 g/mol. The first-order valence-corrected chi connectivity index (χ1v) is 13.0. The highest BCUT2D eigenvalue weighted by molar-refractivity contribution is 5.93. The normalized spacial score (nSPS) is 53.5.